The van der Waals surface area contributed by atoms with Gasteiger partial charge in [-0.05, 0) is 20.0 Å². The van der Waals surface area contributed by atoms with Crippen molar-refractivity contribution in [3.63, 3.8) is 0 Å². The molecule has 0 radical (unpaired) electrons. The molecule has 1 saturated heterocycles. The fourth-order valence-electron chi connectivity index (χ4n) is 1.48. The molecule has 0 spiro atoms. The molecule has 1 heterocycles. The molecule has 0 bridgehead atoms. The number of likely N-dealkylation sites (N-methyl/N-ethyl adjacent to an activating group) is 2. The van der Waals surface area contributed by atoms with Gasteiger partial charge >= 0.3 is 0 Å². The van der Waals surface area contributed by atoms with Crippen LogP contribution in [0.25, 0.3) is 0 Å². The zero-order chi connectivity index (χ0) is 9.35. The van der Waals surface area contributed by atoms with Gasteiger partial charge in [-0.25, -0.2) is 12.7 Å². The van der Waals surface area contributed by atoms with Crippen molar-refractivity contribution in [3.8, 4) is 0 Å². The topological polar surface area (TPSA) is 40.6 Å². The van der Waals surface area contributed by atoms with Crippen LogP contribution in [-0.2, 0) is 10.0 Å². The van der Waals surface area contributed by atoms with Gasteiger partial charge < -0.3 is 4.90 Å². The summed E-state index contributed by atoms with van der Waals surface area (Å²) in [6, 6.07) is 0.171. The molecule has 4 nitrogen and oxygen atoms in total. The minimum atomic E-state index is -3.00. The first-order chi connectivity index (χ1) is 5.41. The van der Waals surface area contributed by atoms with Crippen LogP contribution in [-0.4, -0.2) is 57.1 Å². The second kappa shape index (κ2) is 3.32. The fraction of sp³-hybridized carbons (Fsp3) is 1.00. The van der Waals surface area contributed by atoms with E-state index in [9.17, 15) is 8.42 Å². The minimum Gasteiger partial charge on any atom is -0.305 e. The Labute approximate surface area is 74.2 Å². The lowest BCUT2D eigenvalue weighted by atomic mass is 10.3. The van der Waals surface area contributed by atoms with Crippen molar-refractivity contribution >= 4 is 10.0 Å². The van der Waals surface area contributed by atoms with Crippen LogP contribution in [0.4, 0.5) is 0 Å². The standard InChI is InChI=1S/C7H16N2O2S/c1-8-5-4-7(6-8)9(2)12(3,10)11/h7H,4-6H2,1-3H3. The summed E-state index contributed by atoms with van der Waals surface area (Å²) in [5.74, 6) is 0. The van der Waals surface area contributed by atoms with E-state index < -0.39 is 10.0 Å². The number of nitrogens with zero attached hydrogens (tertiary/aromatic N) is 2. The summed E-state index contributed by atoms with van der Waals surface area (Å²) >= 11 is 0. The highest BCUT2D eigenvalue weighted by Gasteiger charge is 2.27. The summed E-state index contributed by atoms with van der Waals surface area (Å²) in [7, 11) is 0.659. The lowest BCUT2D eigenvalue weighted by Gasteiger charge is -2.21. The summed E-state index contributed by atoms with van der Waals surface area (Å²) < 4.78 is 23.7. The van der Waals surface area contributed by atoms with Crippen LogP contribution in [0.2, 0.25) is 0 Å². The molecule has 1 aliphatic heterocycles. The number of hydrogen-bond acceptors (Lipinski definition) is 3. The van der Waals surface area contributed by atoms with E-state index in [1.165, 1.54) is 10.6 Å². The van der Waals surface area contributed by atoms with E-state index in [-0.39, 0.29) is 6.04 Å². The van der Waals surface area contributed by atoms with Gasteiger partial charge in [0.05, 0.1) is 6.26 Å². The Morgan fingerprint density at radius 2 is 2.08 bits per heavy atom. The molecular weight excluding hydrogens is 176 g/mol. The van der Waals surface area contributed by atoms with E-state index in [2.05, 4.69) is 4.90 Å². The third-order valence-electron chi connectivity index (χ3n) is 2.40. The molecule has 0 aromatic carbocycles. The van der Waals surface area contributed by atoms with Crippen molar-refractivity contribution in [1.29, 1.82) is 0 Å². The highest BCUT2D eigenvalue weighted by atomic mass is 32.2. The van der Waals surface area contributed by atoms with Gasteiger partial charge in [0.2, 0.25) is 10.0 Å². The summed E-state index contributed by atoms with van der Waals surface area (Å²) in [4.78, 5) is 2.15. The molecule has 0 aromatic heterocycles. The van der Waals surface area contributed by atoms with E-state index in [0.29, 0.717) is 0 Å². The Morgan fingerprint density at radius 1 is 1.50 bits per heavy atom. The molecule has 1 unspecified atom stereocenters. The monoisotopic (exact) mass is 192 g/mol. The second-order valence-electron chi connectivity index (χ2n) is 3.48. The third-order valence-corrected chi connectivity index (χ3v) is 3.75. The van der Waals surface area contributed by atoms with E-state index in [4.69, 9.17) is 0 Å². The van der Waals surface area contributed by atoms with Crippen molar-refractivity contribution in [1.82, 2.24) is 9.21 Å². The van der Waals surface area contributed by atoms with Crippen LogP contribution in [0.3, 0.4) is 0 Å². The Bertz CT molecular complexity index is 250. The normalized spacial score (nSPS) is 26.8. The van der Waals surface area contributed by atoms with Crippen molar-refractivity contribution in [3.05, 3.63) is 0 Å². The van der Waals surface area contributed by atoms with Gasteiger partial charge in [0.25, 0.3) is 0 Å². The zero-order valence-corrected chi connectivity index (χ0v) is 8.63. The maximum absolute atomic E-state index is 11.1. The summed E-state index contributed by atoms with van der Waals surface area (Å²) in [6.07, 6.45) is 2.20. The predicted octanol–water partition coefficient (Wildman–Crippen LogP) is -0.418. The van der Waals surface area contributed by atoms with Crippen molar-refractivity contribution < 1.29 is 8.42 Å². The van der Waals surface area contributed by atoms with Gasteiger partial charge in [0.15, 0.2) is 0 Å². The molecule has 0 amide bonds. The first-order valence-corrected chi connectivity index (χ1v) is 5.87. The van der Waals surface area contributed by atoms with Crippen molar-refractivity contribution in [2.24, 2.45) is 0 Å². The van der Waals surface area contributed by atoms with E-state index in [1.807, 2.05) is 7.05 Å². The van der Waals surface area contributed by atoms with Gasteiger partial charge in [0.1, 0.15) is 0 Å². The Morgan fingerprint density at radius 3 is 2.42 bits per heavy atom. The smallest absolute Gasteiger partial charge is 0.211 e. The maximum Gasteiger partial charge on any atom is 0.211 e. The molecule has 1 aliphatic rings. The van der Waals surface area contributed by atoms with Crippen LogP contribution in [0.5, 0.6) is 0 Å². The number of likely N-dealkylation sites (tertiary alicyclic amines) is 1. The van der Waals surface area contributed by atoms with E-state index >= 15 is 0 Å². The van der Waals surface area contributed by atoms with E-state index in [0.717, 1.165) is 19.5 Å². The SMILES string of the molecule is CN1CCC(N(C)S(C)(=O)=O)C1. The minimum absolute atomic E-state index is 0.171. The second-order valence-corrected chi connectivity index (χ2v) is 5.53. The lowest BCUT2D eigenvalue weighted by molar-refractivity contribution is 0.347. The van der Waals surface area contributed by atoms with Gasteiger partial charge in [-0.15, -0.1) is 0 Å². The molecular formula is C7H16N2O2S. The average molecular weight is 192 g/mol. The highest BCUT2D eigenvalue weighted by Crippen LogP contribution is 2.14. The van der Waals surface area contributed by atoms with Gasteiger partial charge in [-0.1, -0.05) is 0 Å². The third kappa shape index (κ3) is 2.18. The zero-order valence-electron chi connectivity index (χ0n) is 7.82. The highest BCUT2D eigenvalue weighted by molar-refractivity contribution is 7.88. The van der Waals surface area contributed by atoms with Crippen LogP contribution < -0.4 is 0 Å². The number of rotatable bonds is 2. The number of hydrogen-bond donors (Lipinski definition) is 0. The van der Waals surface area contributed by atoms with Crippen molar-refractivity contribution in [2.45, 2.75) is 12.5 Å². The molecule has 1 atom stereocenters. The number of sulfonamides is 1. The molecule has 1 fully saturated rings. The first-order valence-electron chi connectivity index (χ1n) is 4.03. The van der Waals surface area contributed by atoms with Crippen LogP contribution in [0.1, 0.15) is 6.42 Å². The lowest BCUT2D eigenvalue weighted by Crippen LogP contribution is -2.37. The molecule has 0 saturated carbocycles. The Balaban J connectivity index is 2.61. The average Bonchev–Trinajstić information content (AvgIpc) is 2.32. The maximum atomic E-state index is 11.1. The quantitative estimate of drug-likeness (QED) is 0.597. The molecule has 72 valence electrons. The van der Waals surface area contributed by atoms with Gasteiger partial charge in [-0.2, -0.15) is 0 Å². The van der Waals surface area contributed by atoms with Crippen LogP contribution in [0.15, 0.2) is 0 Å². The van der Waals surface area contributed by atoms with Crippen LogP contribution >= 0.6 is 0 Å². The molecule has 0 aromatic rings. The van der Waals surface area contributed by atoms with Gasteiger partial charge in [-0.3, -0.25) is 0 Å². The summed E-state index contributed by atoms with van der Waals surface area (Å²) in [6.45, 7) is 1.84. The van der Waals surface area contributed by atoms with Gasteiger partial charge in [0, 0.05) is 19.6 Å². The molecule has 0 N–H and O–H groups in total. The van der Waals surface area contributed by atoms with Crippen molar-refractivity contribution in [2.75, 3.05) is 33.4 Å². The molecule has 12 heavy (non-hydrogen) atoms. The summed E-state index contributed by atoms with van der Waals surface area (Å²) in [5, 5.41) is 0. The Hall–Kier alpha value is -0.130. The van der Waals surface area contributed by atoms with Crippen LogP contribution in [0, 0.1) is 0 Å². The molecule has 1 rings (SSSR count). The molecule has 0 aliphatic carbocycles. The first kappa shape index (κ1) is 9.95. The largest absolute Gasteiger partial charge is 0.305 e. The predicted molar refractivity (Wildman–Crippen MR) is 48.5 cm³/mol. The Kier molecular flexibility index (Phi) is 2.75. The summed E-state index contributed by atoms with van der Waals surface area (Å²) in [5.41, 5.74) is 0. The van der Waals surface area contributed by atoms with E-state index in [1.54, 1.807) is 7.05 Å². The molecule has 5 heteroatoms. The fourth-order valence-corrected chi connectivity index (χ4v) is 2.19.